The first-order valence-electron chi connectivity index (χ1n) is 4.54. The van der Waals surface area contributed by atoms with Crippen molar-refractivity contribution >= 4 is 21.6 Å². The average Bonchev–Trinajstić information content (AvgIpc) is 2.63. The lowest BCUT2D eigenvalue weighted by Gasteiger charge is -2.25. The Labute approximate surface area is 92.9 Å². The van der Waals surface area contributed by atoms with Crippen molar-refractivity contribution in [3.8, 4) is 0 Å². The van der Waals surface area contributed by atoms with Gasteiger partial charge in [0, 0.05) is 19.0 Å². The Morgan fingerprint density at radius 1 is 1.47 bits per heavy atom. The third-order valence-electron chi connectivity index (χ3n) is 2.33. The summed E-state index contributed by atoms with van der Waals surface area (Å²) in [6.45, 7) is 1.35. The Morgan fingerprint density at radius 3 is 3.00 bits per heavy atom. The van der Waals surface area contributed by atoms with E-state index in [1.807, 2.05) is 4.57 Å². The summed E-state index contributed by atoms with van der Waals surface area (Å²) in [5.41, 5.74) is 0. The van der Waals surface area contributed by atoms with E-state index in [2.05, 4.69) is 10.2 Å². The van der Waals surface area contributed by atoms with Crippen molar-refractivity contribution < 1.29 is 8.42 Å². The molecule has 6 nitrogen and oxygen atoms in total. The highest BCUT2D eigenvalue weighted by Gasteiger charge is 2.26. The molecule has 0 fully saturated rings. The van der Waals surface area contributed by atoms with Crippen molar-refractivity contribution in [1.29, 1.82) is 0 Å². The smallest absolute Gasteiger partial charge is 0.215 e. The highest BCUT2D eigenvalue weighted by Crippen LogP contribution is 2.13. The zero-order chi connectivity index (χ0) is 10.9. The maximum atomic E-state index is 11.7. The summed E-state index contributed by atoms with van der Waals surface area (Å²) in [5.74, 6) is 0.771. The molecule has 1 aliphatic heterocycles. The van der Waals surface area contributed by atoms with E-state index in [0.29, 0.717) is 25.5 Å². The second-order valence-electron chi connectivity index (χ2n) is 3.28. The van der Waals surface area contributed by atoms with Gasteiger partial charge in [-0.2, -0.15) is 4.31 Å². The van der Waals surface area contributed by atoms with Crippen LogP contribution in [-0.2, 0) is 23.1 Å². The summed E-state index contributed by atoms with van der Waals surface area (Å²) >= 11 is 5.45. The summed E-state index contributed by atoms with van der Waals surface area (Å²) in [6, 6.07) is 0. The highest BCUT2D eigenvalue weighted by atomic mass is 35.5. The van der Waals surface area contributed by atoms with Crippen molar-refractivity contribution in [3.63, 3.8) is 0 Å². The molecule has 0 atom stereocenters. The molecule has 1 aromatic heterocycles. The maximum absolute atomic E-state index is 11.7. The minimum absolute atomic E-state index is 0.0251. The molecule has 0 bridgehead atoms. The van der Waals surface area contributed by atoms with E-state index in [-0.39, 0.29) is 11.6 Å². The van der Waals surface area contributed by atoms with Crippen molar-refractivity contribution in [2.75, 3.05) is 18.2 Å². The minimum atomic E-state index is -3.23. The van der Waals surface area contributed by atoms with Crippen molar-refractivity contribution in [2.24, 2.45) is 0 Å². The van der Waals surface area contributed by atoms with Gasteiger partial charge in [0.25, 0.3) is 0 Å². The predicted octanol–water partition coefficient (Wildman–Crippen LogP) is -0.338. The van der Waals surface area contributed by atoms with E-state index in [0.717, 1.165) is 0 Å². The fourth-order valence-electron chi connectivity index (χ4n) is 1.51. The fourth-order valence-corrected chi connectivity index (χ4v) is 3.22. The number of aromatic nitrogens is 3. The van der Waals surface area contributed by atoms with Crippen molar-refractivity contribution in [1.82, 2.24) is 19.1 Å². The third-order valence-corrected chi connectivity index (χ3v) is 4.56. The monoisotopic (exact) mass is 250 g/mol. The summed E-state index contributed by atoms with van der Waals surface area (Å²) in [5, 5.41) is 7.59. The van der Waals surface area contributed by atoms with Crippen LogP contribution in [0.5, 0.6) is 0 Å². The molecule has 0 radical (unpaired) electrons. The number of hydrogen-bond acceptors (Lipinski definition) is 4. The van der Waals surface area contributed by atoms with Crippen LogP contribution in [0.4, 0.5) is 0 Å². The Morgan fingerprint density at radius 2 is 2.27 bits per heavy atom. The highest BCUT2D eigenvalue weighted by molar-refractivity contribution is 7.89. The van der Waals surface area contributed by atoms with Crippen LogP contribution in [0.1, 0.15) is 5.82 Å². The Kier molecular flexibility index (Phi) is 2.94. The topological polar surface area (TPSA) is 68.1 Å². The first-order valence-corrected chi connectivity index (χ1v) is 6.68. The number of fused-ring (bicyclic) bond motifs is 1. The number of alkyl halides is 1. The zero-order valence-electron chi connectivity index (χ0n) is 8.00. The van der Waals surface area contributed by atoms with Crippen LogP contribution in [0.2, 0.25) is 0 Å². The number of sulfonamides is 1. The van der Waals surface area contributed by atoms with Gasteiger partial charge in [0.15, 0.2) is 0 Å². The van der Waals surface area contributed by atoms with E-state index < -0.39 is 10.0 Å². The SMILES string of the molecule is O=S(=O)(CCCl)N1CCn2cnnc2C1. The van der Waals surface area contributed by atoms with E-state index in [1.54, 1.807) is 6.33 Å². The molecule has 15 heavy (non-hydrogen) atoms. The molecule has 0 unspecified atom stereocenters. The quantitative estimate of drug-likeness (QED) is 0.689. The number of halogens is 1. The maximum Gasteiger partial charge on any atom is 0.215 e. The molecule has 8 heteroatoms. The van der Waals surface area contributed by atoms with Gasteiger partial charge in [-0.1, -0.05) is 0 Å². The van der Waals surface area contributed by atoms with Gasteiger partial charge in [0.1, 0.15) is 12.2 Å². The van der Waals surface area contributed by atoms with Crippen molar-refractivity contribution in [2.45, 2.75) is 13.1 Å². The number of hydrogen-bond donors (Lipinski definition) is 0. The van der Waals surface area contributed by atoms with Gasteiger partial charge in [-0.05, 0) is 0 Å². The Balaban J connectivity index is 2.16. The second-order valence-corrected chi connectivity index (χ2v) is 5.75. The first kappa shape index (κ1) is 10.8. The molecule has 2 rings (SSSR count). The standard InChI is InChI=1S/C7H11ClN4O2S/c8-1-4-15(13,14)12-3-2-11-6-9-10-7(11)5-12/h6H,1-5H2. The molecule has 84 valence electrons. The normalized spacial score (nSPS) is 17.7. The molecule has 0 saturated carbocycles. The fraction of sp³-hybridized carbons (Fsp3) is 0.714. The van der Waals surface area contributed by atoms with Crippen LogP contribution in [0.3, 0.4) is 0 Å². The van der Waals surface area contributed by atoms with Gasteiger partial charge >= 0.3 is 0 Å². The lowest BCUT2D eigenvalue weighted by Crippen LogP contribution is -2.39. The molecule has 2 heterocycles. The van der Waals surface area contributed by atoms with Crippen LogP contribution in [0, 0.1) is 0 Å². The van der Waals surface area contributed by atoms with Gasteiger partial charge in [-0.15, -0.1) is 21.8 Å². The second kappa shape index (κ2) is 4.07. The molecule has 0 spiro atoms. The summed E-state index contributed by atoms with van der Waals surface area (Å²) in [6.07, 6.45) is 1.61. The lowest BCUT2D eigenvalue weighted by molar-refractivity contribution is 0.336. The van der Waals surface area contributed by atoms with Crippen LogP contribution >= 0.6 is 11.6 Å². The Bertz CT molecular complexity index is 444. The van der Waals surface area contributed by atoms with E-state index in [1.165, 1.54) is 4.31 Å². The molecule has 0 aliphatic carbocycles. The molecular weight excluding hydrogens is 240 g/mol. The summed E-state index contributed by atoms with van der Waals surface area (Å²) in [4.78, 5) is 0. The average molecular weight is 251 g/mol. The van der Waals surface area contributed by atoms with Gasteiger partial charge in [-0.3, -0.25) is 0 Å². The molecule has 0 N–H and O–H groups in total. The van der Waals surface area contributed by atoms with Crippen LogP contribution < -0.4 is 0 Å². The first-order chi connectivity index (χ1) is 7.13. The third kappa shape index (κ3) is 2.14. The minimum Gasteiger partial charge on any atom is -0.315 e. The number of rotatable bonds is 3. The van der Waals surface area contributed by atoms with Gasteiger partial charge in [0.2, 0.25) is 10.0 Å². The van der Waals surface area contributed by atoms with Gasteiger partial charge in [0.05, 0.1) is 12.3 Å². The van der Waals surface area contributed by atoms with E-state index >= 15 is 0 Å². The lowest BCUT2D eigenvalue weighted by atomic mass is 10.4. The van der Waals surface area contributed by atoms with E-state index in [4.69, 9.17) is 11.6 Å². The number of nitrogens with zero attached hydrogens (tertiary/aromatic N) is 4. The summed E-state index contributed by atoms with van der Waals surface area (Å²) in [7, 11) is -3.23. The van der Waals surface area contributed by atoms with Crippen molar-refractivity contribution in [3.05, 3.63) is 12.2 Å². The molecule has 1 aromatic rings. The molecule has 0 aromatic carbocycles. The molecule has 0 saturated heterocycles. The molecule has 0 amide bonds. The van der Waals surface area contributed by atoms with Gasteiger partial charge in [-0.25, -0.2) is 8.42 Å². The van der Waals surface area contributed by atoms with E-state index in [9.17, 15) is 8.42 Å². The molecular formula is C7H11ClN4O2S. The predicted molar refractivity (Wildman–Crippen MR) is 54.9 cm³/mol. The summed E-state index contributed by atoms with van der Waals surface area (Å²) < 4.78 is 26.7. The zero-order valence-corrected chi connectivity index (χ0v) is 9.58. The largest absolute Gasteiger partial charge is 0.315 e. The van der Waals surface area contributed by atoms with Crippen LogP contribution in [0.15, 0.2) is 6.33 Å². The molecule has 1 aliphatic rings. The van der Waals surface area contributed by atoms with Crippen LogP contribution in [-0.4, -0.2) is 45.7 Å². The van der Waals surface area contributed by atoms with Gasteiger partial charge < -0.3 is 4.57 Å². The van der Waals surface area contributed by atoms with Crippen LogP contribution in [0.25, 0.3) is 0 Å². The Hall–Kier alpha value is -0.660.